The lowest BCUT2D eigenvalue weighted by Gasteiger charge is -2.16. The van der Waals surface area contributed by atoms with Gasteiger partial charge in [0.1, 0.15) is 11.9 Å². The summed E-state index contributed by atoms with van der Waals surface area (Å²) in [6.45, 7) is 0. The number of benzene rings is 3. The molecule has 0 bridgehead atoms. The molecule has 0 fully saturated rings. The Morgan fingerprint density at radius 2 is 1.75 bits per heavy atom. The largest absolute Gasteiger partial charge is 0.480 e. The molecule has 0 aliphatic heterocycles. The number of nitrogen functional groups attached to an aromatic ring is 1. The smallest absolute Gasteiger partial charge is 0.322 e. The van der Waals surface area contributed by atoms with Gasteiger partial charge in [0.2, 0.25) is 10.0 Å². The van der Waals surface area contributed by atoms with E-state index in [1.165, 1.54) is 12.1 Å². The lowest BCUT2D eigenvalue weighted by Crippen LogP contribution is -2.42. The maximum absolute atomic E-state index is 12.7. The van der Waals surface area contributed by atoms with Gasteiger partial charge in [-0.3, -0.25) is 10.2 Å². The zero-order chi connectivity index (χ0) is 20.3. The van der Waals surface area contributed by atoms with Crippen LogP contribution in [0.3, 0.4) is 0 Å². The highest BCUT2D eigenvalue weighted by atomic mass is 32.2. The molecule has 0 aliphatic rings. The first-order valence-electron chi connectivity index (χ1n) is 8.43. The molecule has 0 unspecified atom stereocenters. The first-order chi connectivity index (χ1) is 13.3. The van der Waals surface area contributed by atoms with Gasteiger partial charge >= 0.3 is 5.97 Å². The van der Waals surface area contributed by atoms with Crippen molar-refractivity contribution in [3.63, 3.8) is 0 Å². The zero-order valence-electron chi connectivity index (χ0n) is 14.8. The van der Waals surface area contributed by atoms with Crippen LogP contribution in [0, 0.1) is 5.41 Å². The van der Waals surface area contributed by atoms with Crippen LogP contribution < -0.4 is 10.5 Å². The van der Waals surface area contributed by atoms with Gasteiger partial charge in [-0.25, -0.2) is 8.42 Å². The van der Waals surface area contributed by atoms with Gasteiger partial charge < -0.3 is 10.8 Å². The van der Waals surface area contributed by atoms with E-state index in [9.17, 15) is 18.3 Å². The average molecular weight is 397 g/mol. The fourth-order valence-electron chi connectivity index (χ4n) is 2.87. The highest BCUT2D eigenvalue weighted by molar-refractivity contribution is 7.89. The van der Waals surface area contributed by atoms with Gasteiger partial charge in [-0.1, -0.05) is 48.5 Å². The van der Waals surface area contributed by atoms with Crippen molar-refractivity contribution in [2.45, 2.75) is 17.4 Å². The summed E-state index contributed by atoms with van der Waals surface area (Å²) in [5, 5.41) is 18.6. The Hall–Kier alpha value is -3.23. The molecule has 3 rings (SSSR count). The van der Waals surface area contributed by atoms with Crippen LogP contribution in [0.15, 0.2) is 71.6 Å². The van der Waals surface area contributed by atoms with Crippen LogP contribution >= 0.6 is 0 Å². The van der Waals surface area contributed by atoms with Gasteiger partial charge in [-0.05, 0) is 41.0 Å². The van der Waals surface area contributed by atoms with E-state index in [0.717, 1.165) is 10.8 Å². The number of aliphatic carboxylic acids is 1. The van der Waals surface area contributed by atoms with Crippen molar-refractivity contribution in [1.82, 2.24) is 4.72 Å². The Morgan fingerprint density at radius 3 is 2.43 bits per heavy atom. The summed E-state index contributed by atoms with van der Waals surface area (Å²) in [6, 6.07) is 17.1. The number of nitrogens with two attached hydrogens (primary N) is 1. The number of carboxylic acid groups (broad SMARTS) is 1. The summed E-state index contributed by atoms with van der Waals surface area (Å²) >= 11 is 0. The van der Waals surface area contributed by atoms with Crippen molar-refractivity contribution in [3.05, 3.63) is 77.9 Å². The van der Waals surface area contributed by atoms with E-state index in [-0.39, 0.29) is 17.2 Å². The third kappa shape index (κ3) is 4.36. The molecule has 3 aromatic rings. The number of hydrogen-bond acceptors (Lipinski definition) is 4. The van der Waals surface area contributed by atoms with E-state index in [1.807, 2.05) is 12.1 Å². The van der Waals surface area contributed by atoms with Crippen molar-refractivity contribution >= 4 is 32.6 Å². The van der Waals surface area contributed by atoms with E-state index in [0.29, 0.717) is 11.1 Å². The third-order valence-electron chi connectivity index (χ3n) is 4.30. The molecule has 3 aromatic carbocycles. The standard InChI is InChI=1S/C20H19N3O4S/c21-19(22)16-7-3-4-13(10-16)11-18(20(24)25)23-28(26,27)17-9-8-14-5-1-2-6-15(14)12-17/h1-10,12,18,23H,11H2,(H3,21,22)(H,24,25)/t18-/m0/s1. The zero-order valence-corrected chi connectivity index (χ0v) is 15.6. The molecule has 0 saturated heterocycles. The molecule has 144 valence electrons. The Morgan fingerprint density at radius 1 is 1.04 bits per heavy atom. The SMILES string of the molecule is N=C(N)c1cccc(C[C@H](NS(=O)(=O)c2ccc3ccccc3c2)C(=O)O)c1. The molecule has 0 aromatic heterocycles. The van der Waals surface area contributed by atoms with Gasteiger partial charge in [0.15, 0.2) is 0 Å². The number of hydrogen-bond donors (Lipinski definition) is 4. The molecular weight excluding hydrogens is 378 g/mol. The van der Waals surface area contributed by atoms with Crippen molar-refractivity contribution < 1.29 is 18.3 Å². The molecule has 0 radical (unpaired) electrons. The van der Waals surface area contributed by atoms with Crippen LogP contribution in [0.2, 0.25) is 0 Å². The first-order valence-corrected chi connectivity index (χ1v) is 9.92. The summed E-state index contributed by atoms with van der Waals surface area (Å²) < 4.78 is 27.7. The Labute approximate surface area is 162 Å². The molecule has 0 spiro atoms. The van der Waals surface area contributed by atoms with Gasteiger partial charge in [0.05, 0.1) is 4.90 Å². The van der Waals surface area contributed by atoms with Gasteiger partial charge in [-0.15, -0.1) is 0 Å². The maximum Gasteiger partial charge on any atom is 0.322 e. The second kappa shape index (κ2) is 7.79. The van der Waals surface area contributed by atoms with E-state index >= 15 is 0 Å². The van der Waals surface area contributed by atoms with E-state index < -0.39 is 22.0 Å². The average Bonchev–Trinajstić information content (AvgIpc) is 2.67. The van der Waals surface area contributed by atoms with Crippen molar-refractivity contribution in [2.75, 3.05) is 0 Å². The number of carboxylic acids is 1. The molecule has 0 aliphatic carbocycles. The van der Waals surface area contributed by atoms with E-state index in [2.05, 4.69) is 4.72 Å². The quantitative estimate of drug-likeness (QED) is 0.358. The first kappa shape index (κ1) is 19.5. The topological polar surface area (TPSA) is 133 Å². The maximum atomic E-state index is 12.7. The van der Waals surface area contributed by atoms with Gasteiger partial charge in [0, 0.05) is 5.56 Å². The number of rotatable bonds is 7. The second-order valence-corrected chi connectivity index (χ2v) is 8.05. The summed E-state index contributed by atoms with van der Waals surface area (Å²) in [6.07, 6.45) is -0.0801. The molecule has 7 nitrogen and oxygen atoms in total. The van der Waals surface area contributed by atoms with E-state index in [1.54, 1.807) is 42.5 Å². The summed E-state index contributed by atoms with van der Waals surface area (Å²) in [5.74, 6) is -1.44. The lowest BCUT2D eigenvalue weighted by atomic mass is 10.0. The van der Waals surface area contributed by atoms with Crippen molar-refractivity contribution in [1.29, 1.82) is 5.41 Å². The normalized spacial score (nSPS) is 12.6. The fraction of sp³-hybridized carbons (Fsp3) is 0.100. The minimum absolute atomic E-state index is 0.00469. The monoisotopic (exact) mass is 397 g/mol. The molecule has 28 heavy (non-hydrogen) atoms. The van der Waals surface area contributed by atoms with Crippen molar-refractivity contribution in [2.24, 2.45) is 5.73 Å². The second-order valence-electron chi connectivity index (χ2n) is 6.34. The molecule has 1 atom stereocenters. The Balaban J connectivity index is 1.87. The number of amidine groups is 1. The predicted molar refractivity (Wildman–Crippen MR) is 107 cm³/mol. The summed E-state index contributed by atoms with van der Waals surface area (Å²) in [7, 11) is -4.04. The lowest BCUT2D eigenvalue weighted by molar-refractivity contribution is -0.138. The minimum atomic E-state index is -4.04. The molecular formula is C20H19N3O4S. The molecule has 5 N–H and O–H groups in total. The molecule has 0 saturated carbocycles. The Kier molecular flexibility index (Phi) is 5.43. The highest BCUT2D eigenvalue weighted by Crippen LogP contribution is 2.19. The van der Waals surface area contributed by atoms with Crippen LogP contribution in [0.1, 0.15) is 11.1 Å². The van der Waals surface area contributed by atoms with Crippen LogP contribution in [-0.2, 0) is 21.2 Å². The number of fused-ring (bicyclic) bond motifs is 1. The van der Waals surface area contributed by atoms with Crippen LogP contribution in [0.25, 0.3) is 10.8 Å². The highest BCUT2D eigenvalue weighted by Gasteiger charge is 2.26. The number of nitrogens with one attached hydrogen (secondary N) is 2. The third-order valence-corrected chi connectivity index (χ3v) is 5.77. The van der Waals surface area contributed by atoms with Gasteiger partial charge in [0.25, 0.3) is 0 Å². The molecule has 0 heterocycles. The summed E-state index contributed by atoms with van der Waals surface area (Å²) in [4.78, 5) is 11.6. The van der Waals surface area contributed by atoms with Crippen molar-refractivity contribution in [3.8, 4) is 0 Å². The minimum Gasteiger partial charge on any atom is -0.480 e. The molecule has 0 amide bonds. The molecule has 8 heteroatoms. The predicted octanol–water partition coefficient (Wildman–Crippen LogP) is 2.10. The summed E-state index contributed by atoms with van der Waals surface area (Å²) in [5.41, 5.74) is 6.45. The number of sulfonamides is 1. The van der Waals surface area contributed by atoms with Crippen LogP contribution in [0.4, 0.5) is 0 Å². The van der Waals surface area contributed by atoms with Crippen LogP contribution in [0.5, 0.6) is 0 Å². The van der Waals surface area contributed by atoms with E-state index in [4.69, 9.17) is 11.1 Å². The Bertz CT molecular complexity index is 1160. The van der Waals surface area contributed by atoms with Crippen LogP contribution in [-0.4, -0.2) is 31.4 Å². The van der Waals surface area contributed by atoms with Gasteiger partial charge in [-0.2, -0.15) is 4.72 Å². The number of carbonyl (C=O) groups is 1. The fourth-order valence-corrected chi connectivity index (χ4v) is 4.09.